The van der Waals surface area contributed by atoms with Crippen molar-refractivity contribution >= 4 is 24.2 Å². The first-order valence-corrected chi connectivity index (χ1v) is 8.62. The van der Waals surface area contributed by atoms with Crippen molar-refractivity contribution in [2.24, 2.45) is 5.73 Å². The van der Waals surface area contributed by atoms with Gasteiger partial charge in [0.15, 0.2) is 0 Å². The number of carbonyl (C=O) groups is 2. The summed E-state index contributed by atoms with van der Waals surface area (Å²) in [5.74, 6) is 0.229. The van der Waals surface area contributed by atoms with Gasteiger partial charge in [0, 0.05) is 24.7 Å². The predicted molar refractivity (Wildman–Crippen MR) is 106 cm³/mol. The van der Waals surface area contributed by atoms with Gasteiger partial charge in [-0.25, -0.2) is 0 Å². The van der Waals surface area contributed by atoms with E-state index in [9.17, 15) is 9.59 Å². The molecule has 0 spiro atoms. The molecule has 144 valence electrons. The summed E-state index contributed by atoms with van der Waals surface area (Å²) in [6.45, 7) is 1.13. The first kappa shape index (κ1) is 20.7. The molecular formula is C20H24ClN3O3. The molecule has 2 aromatic carbocycles. The molecule has 0 aliphatic carbocycles. The molecule has 0 bridgehead atoms. The van der Waals surface area contributed by atoms with Crippen molar-refractivity contribution in [3.8, 4) is 5.75 Å². The normalized spacial score (nSPS) is 17.0. The van der Waals surface area contributed by atoms with Crippen molar-refractivity contribution in [3.63, 3.8) is 0 Å². The maximum atomic E-state index is 13.0. The molecule has 2 aromatic rings. The van der Waals surface area contributed by atoms with Crippen LogP contribution in [0, 0.1) is 0 Å². The van der Waals surface area contributed by atoms with Crippen LogP contribution in [-0.2, 0) is 4.79 Å². The summed E-state index contributed by atoms with van der Waals surface area (Å²) >= 11 is 0. The van der Waals surface area contributed by atoms with Gasteiger partial charge in [-0.15, -0.1) is 12.4 Å². The number of hydrogen-bond donors (Lipinski definition) is 2. The fourth-order valence-corrected chi connectivity index (χ4v) is 3.06. The Morgan fingerprint density at radius 3 is 2.37 bits per heavy atom. The average molecular weight is 390 g/mol. The zero-order valence-electron chi connectivity index (χ0n) is 15.1. The van der Waals surface area contributed by atoms with E-state index >= 15 is 0 Å². The molecule has 1 unspecified atom stereocenters. The van der Waals surface area contributed by atoms with Crippen LogP contribution < -0.4 is 15.8 Å². The second-order valence-corrected chi connectivity index (χ2v) is 6.38. The summed E-state index contributed by atoms with van der Waals surface area (Å²) in [5.41, 5.74) is 7.15. The zero-order chi connectivity index (χ0) is 18.5. The van der Waals surface area contributed by atoms with Crippen LogP contribution >= 0.6 is 12.4 Å². The molecule has 2 atom stereocenters. The fourth-order valence-electron chi connectivity index (χ4n) is 3.06. The molecule has 0 radical (unpaired) electrons. The fraction of sp³-hybridized carbons (Fsp3) is 0.300. The molecule has 3 N–H and O–H groups in total. The molecule has 27 heavy (non-hydrogen) atoms. The van der Waals surface area contributed by atoms with E-state index in [1.807, 2.05) is 30.3 Å². The summed E-state index contributed by atoms with van der Waals surface area (Å²) in [4.78, 5) is 27.4. The molecule has 7 heteroatoms. The first-order chi connectivity index (χ1) is 12.6. The SMILES string of the molecule is COc1ccc(C(=O)NC(C(=O)N2CC[C@@H](N)C2)c2ccccc2)cc1.Cl. The number of carbonyl (C=O) groups excluding carboxylic acids is 2. The molecule has 1 fully saturated rings. The van der Waals surface area contributed by atoms with Crippen molar-refractivity contribution in [3.05, 3.63) is 65.7 Å². The van der Waals surface area contributed by atoms with Crippen molar-refractivity contribution < 1.29 is 14.3 Å². The van der Waals surface area contributed by atoms with E-state index in [1.54, 1.807) is 36.3 Å². The molecule has 1 heterocycles. The van der Waals surface area contributed by atoms with Crippen molar-refractivity contribution in [1.82, 2.24) is 10.2 Å². The highest BCUT2D eigenvalue weighted by molar-refractivity contribution is 5.98. The monoisotopic (exact) mass is 389 g/mol. The van der Waals surface area contributed by atoms with Crippen molar-refractivity contribution in [2.45, 2.75) is 18.5 Å². The molecule has 1 aliphatic heterocycles. The van der Waals surface area contributed by atoms with Gasteiger partial charge in [-0.05, 0) is 36.2 Å². The smallest absolute Gasteiger partial charge is 0.252 e. The highest BCUT2D eigenvalue weighted by Crippen LogP contribution is 2.20. The van der Waals surface area contributed by atoms with Gasteiger partial charge < -0.3 is 20.7 Å². The summed E-state index contributed by atoms with van der Waals surface area (Å²) in [7, 11) is 1.57. The Bertz CT molecular complexity index is 768. The molecule has 6 nitrogen and oxygen atoms in total. The quantitative estimate of drug-likeness (QED) is 0.820. The van der Waals surface area contributed by atoms with Crippen LogP contribution in [0.3, 0.4) is 0 Å². The first-order valence-electron chi connectivity index (χ1n) is 8.62. The van der Waals surface area contributed by atoms with Gasteiger partial charge >= 0.3 is 0 Å². The lowest BCUT2D eigenvalue weighted by Crippen LogP contribution is -2.42. The van der Waals surface area contributed by atoms with E-state index in [4.69, 9.17) is 10.5 Å². The molecule has 0 saturated carbocycles. The van der Waals surface area contributed by atoms with Gasteiger partial charge in [0.05, 0.1) is 7.11 Å². The molecule has 2 amide bonds. The number of ether oxygens (including phenoxy) is 1. The van der Waals surface area contributed by atoms with E-state index in [0.29, 0.717) is 24.4 Å². The molecular weight excluding hydrogens is 366 g/mol. The Kier molecular flexibility index (Phi) is 7.21. The van der Waals surface area contributed by atoms with Gasteiger partial charge in [-0.1, -0.05) is 30.3 Å². The van der Waals surface area contributed by atoms with E-state index in [-0.39, 0.29) is 30.3 Å². The van der Waals surface area contributed by atoms with E-state index in [2.05, 4.69) is 5.32 Å². The van der Waals surface area contributed by atoms with Gasteiger partial charge in [0.1, 0.15) is 11.8 Å². The van der Waals surface area contributed by atoms with E-state index in [0.717, 1.165) is 12.0 Å². The largest absolute Gasteiger partial charge is 0.497 e. The lowest BCUT2D eigenvalue weighted by molar-refractivity contribution is -0.132. The summed E-state index contributed by atoms with van der Waals surface area (Å²) in [6.07, 6.45) is 0.777. The summed E-state index contributed by atoms with van der Waals surface area (Å²) in [5, 5.41) is 2.87. The minimum atomic E-state index is -0.740. The van der Waals surface area contributed by atoms with Crippen LogP contribution in [0.15, 0.2) is 54.6 Å². The van der Waals surface area contributed by atoms with Crippen molar-refractivity contribution in [1.29, 1.82) is 0 Å². The number of halogens is 1. The van der Waals surface area contributed by atoms with Crippen LogP contribution in [-0.4, -0.2) is 43.0 Å². The number of benzene rings is 2. The third kappa shape index (κ3) is 4.99. The van der Waals surface area contributed by atoms with Gasteiger partial charge in [0.2, 0.25) is 5.91 Å². The third-order valence-electron chi connectivity index (χ3n) is 4.54. The number of nitrogens with two attached hydrogens (primary N) is 1. The lowest BCUT2D eigenvalue weighted by atomic mass is 10.0. The molecule has 1 saturated heterocycles. The Balaban J connectivity index is 0.00000261. The molecule has 1 aliphatic rings. The summed E-state index contributed by atoms with van der Waals surface area (Å²) in [6, 6.07) is 15.3. The van der Waals surface area contributed by atoms with Crippen LogP contribution in [0.5, 0.6) is 5.75 Å². The third-order valence-corrected chi connectivity index (χ3v) is 4.54. The number of nitrogens with one attached hydrogen (secondary N) is 1. The van der Waals surface area contributed by atoms with Gasteiger partial charge in [-0.2, -0.15) is 0 Å². The minimum Gasteiger partial charge on any atom is -0.497 e. The number of hydrogen-bond acceptors (Lipinski definition) is 4. The zero-order valence-corrected chi connectivity index (χ0v) is 15.9. The molecule has 0 aromatic heterocycles. The Labute approximate surface area is 165 Å². The van der Waals surface area contributed by atoms with Crippen LogP contribution in [0.25, 0.3) is 0 Å². The Morgan fingerprint density at radius 2 is 1.81 bits per heavy atom. The second-order valence-electron chi connectivity index (χ2n) is 6.38. The predicted octanol–water partition coefficient (Wildman–Crippen LogP) is 2.15. The standard InChI is InChI=1S/C20H23N3O3.ClH/c1-26-17-9-7-15(8-10-17)19(24)22-18(14-5-3-2-4-6-14)20(25)23-12-11-16(21)13-23;/h2-10,16,18H,11-13,21H2,1H3,(H,22,24);1H/t16-,18?;/m1./s1. The maximum absolute atomic E-state index is 13.0. The number of amides is 2. The Hall–Kier alpha value is -2.57. The minimum absolute atomic E-state index is 0. The highest BCUT2D eigenvalue weighted by atomic mass is 35.5. The Morgan fingerprint density at radius 1 is 1.15 bits per heavy atom. The number of nitrogens with zero attached hydrogens (tertiary/aromatic N) is 1. The molecule has 3 rings (SSSR count). The van der Waals surface area contributed by atoms with Crippen molar-refractivity contribution in [2.75, 3.05) is 20.2 Å². The number of likely N-dealkylation sites (tertiary alicyclic amines) is 1. The van der Waals surface area contributed by atoms with Crippen LogP contribution in [0.4, 0.5) is 0 Å². The lowest BCUT2D eigenvalue weighted by Gasteiger charge is -2.24. The van der Waals surface area contributed by atoms with Crippen LogP contribution in [0.1, 0.15) is 28.4 Å². The average Bonchev–Trinajstić information content (AvgIpc) is 3.12. The second kappa shape index (κ2) is 9.39. The number of methoxy groups -OCH3 is 1. The van der Waals surface area contributed by atoms with E-state index in [1.165, 1.54) is 0 Å². The van der Waals surface area contributed by atoms with E-state index < -0.39 is 6.04 Å². The van der Waals surface area contributed by atoms with Crippen LogP contribution in [0.2, 0.25) is 0 Å². The topological polar surface area (TPSA) is 84.7 Å². The highest BCUT2D eigenvalue weighted by Gasteiger charge is 2.31. The number of rotatable bonds is 5. The summed E-state index contributed by atoms with van der Waals surface area (Å²) < 4.78 is 5.11. The maximum Gasteiger partial charge on any atom is 0.252 e. The van der Waals surface area contributed by atoms with Gasteiger partial charge in [-0.3, -0.25) is 9.59 Å². The van der Waals surface area contributed by atoms with Gasteiger partial charge in [0.25, 0.3) is 5.91 Å².